The normalized spacial score (nSPS) is 18.2. The summed E-state index contributed by atoms with van der Waals surface area (Å²) in [6, 6.07) is 4.02. The van der Waals surface area contributed by atoms with Crippen molar-refractivity contribution < 1.29 is 8.78 Å². The average molecular weight is 254 g/mol. The van der Waals surface area contributed by atoms with Crippen LogP contribution in [0.25, 0.3) is 0 Å². The topological polar surface area (TPSA) is 15.3 Å². The number of hydrogen-bond donors (Lipinski definition) is 1. The zero-order valence-corrected chi connectivity index (χ0v) is 10.8. The lowest BCUT2D eigenvalue weighted by atomic mass is 10.2. The maximum Gasteiger partial charge on any atom is 0.127 e. The van der Waals surface area contributed by atoms with Crippen LogP contribution >= 0.6 is 0 Å². The van der Waals surface area contributed by atoms with E-state index in [-0.39, 0.29) is 11.6 Å². The number of nitrogens with zero attached hydrogens (tertiary/aromatic N) is 1. The number of halogens is 2. The number of rotatable bonds is 5. The van der Waals surface area contributed by atoms with Crippen LogP contribution in [0, 0.1) is 11.6 Å². The molecule has 0 aliphatic carbocycles. The highest BCUT2D eigenvalue weighted by molar-refractivity contribution is 5.18. The van der Waals surface area contributed by atoms with Crippen molar-refractivity contribution in [3.63, 3.8) is 0 Å². The zero-order chi connectivity index (χ0) is 13.0. The Labute approximate surface area is 107 Å². The van der Waals surface area contributed by atoms with Gasteiger partial charge in [-0.2, -0.15) is 0 Å². The van der Waals surface area contributed by atoms with Crippen molar-refractivity contribution >= 4 is 0 Å². The van der Waals surface area contributed by atoms with Crippen molar-refractivity contribution in [3.8, 4) is 0 Å². The molecule has 0 aromatic heterocycles. The quantitative estimate of drug-likeness (QED) is 0.868. The van der Waals surface area contributed by atoms with Gasteiger partial charge in [-0.25, -0.2) is 8.78 Å². The standard InChI is InChI=1S/C14H20F2N2/c1-11(18-6-2-3-7-18)9-17-10-12-8-13(15)4-5-14(12)16/h4-5,8,11,17H,2-3,6-7,9-10H2,1H3. The van der Waals surface area contributed by atoms with Crippen molar-refractivity contribution in [3.05, 3.63) is 35.4 Å². The summed E-state index contributed by atoms with van der Waals surface area (Å²) in [5.41, 5.74) is 0.392. The maximum atomic E-state index is 13.4. The van der Waals surface area contributed by atoms with E-state index in [9.17, 15) is 8.78 Å². The largest absolute Gasteiger partial charge is 0.311 e. The molecule has 4 heteroatoms. The van der Waals surface area contributed by atoms with Crippen molar-refractivity contribution in [2.45, 2.75) is 32.4 Å². The van der Waals surface area contributed by atoms with Crippen LogP contribution in [0.5, 0.6) is 0 Å². The molecule has 1 saturated heterocycles. The molecule has 18 heavy (non-hydrogen) atoms. The van der Waals surface area contributed by atoms with Gasteiger partial charge in [0.05, 0.1) is 0 Å². The van der Waals surface area contributed by atoms with Crippen LogP contribution in [-0.4, -0.2) is 30.6 Å². The fourth-order valence-electron chi connectivity index (χ4n) is 2.41. The van der Waals surface area contributed by atoms with Crippen LogP contribution in [0.3, 0.4) is 0 Å². The highest BCUT2D eigenvalue weighted by Crippen LogP contribution is 2.12. The summed E-state index contributed by atoms with van der Waals surface area (Å²) in [6.07, 6.45) is 2.53. The zero-order valence-electron chi connectivity index (χ0n) is 10.8. The van der Waals surface area contributed by atoms with E-state index in [0.29, 0.717) is 18.2 Å². The molecule has 1 fully saturated rings. The van der Waals surface area contributed by atoms with Crippen molar-refractivity contribution in [2.75, 3.05) is 19.6 Å². The van der Waals surface area contributed by atoms with Crippen molar-refractivity contribution in [1.29, 1.82) is 0 Å². The second-order valence-electron chi connectivity index (χ2n) is 4.96. The first-order valence-electron chi connectivity index (χ1n) is 6.55. The third-order valence-electron chi connectivity index (χ3n) is 3.53. The smallest absolute Gasteiger partial charge is 0.127 e. The Bertz CT molecular complexity index is 389. The molecule has 0 spiro atoms. The van der Waals surface area contributed by atoms with Gasteiger partial charge in [-0.15, -0.1) is 0 Å². The molecule has 2 nitrogen and oxygen atoms in total. The van der Waals surface area contributed by atoms with Gasteiger partial charge in [-0.05, 0) is 51.1 Å². The third-order valence-corrected chi connectivity index (χ3v) is 3.53. The van der Waals surface area contributed by atoms with Gasteiger partial charge >= 0.3 is 0 Å². The van der Waals surface area contributed by atoms with Gasteiger partial charge in [0, 0.05) is 24.7 Å². The Balaban J connectivity index is 1.79. The Morgan fingerprint density at radius 1 is 1.28 bits per heavy atom. The van der Waals surface area contributed by atoms with E-state index in [4.69, 9.17) is 0 Å². The van der Waals surface area contributed by atoms with E-state index in [2.05, 4.69) is 17.1 Å². The van der Waals surface area contributed by atoms with Crippen LogP contribution in [-0.2, 0) is 6.54 Å². The molecule has 1 unspecified atom stereocenters. The number of hydrogen-bond acceptors (Lipinski definition) is 2. The first kappa shape index (κ1) is 13.4. The van der Waals surface area contributed by atoms with Crippen LogP contribution in [0.4, 0.5) is 8.78 Å². The lowest BCUT2D eigenvalue weighted by Crippen LogP contribution is -2.38. The first-order chi connectivity index (χ1) is 8.66. The van der Waals surface area contributed by atoms with Gasteiger partial charge in [-0.1, -0.05) is 0 Å². The van der Waals surface area contributed by atoms with E-state index in [1.54, 1.807) is 0 Å². The Kier molecular flexibility index (Phi) is 4.66. The second kappa shape index (κ2) is 6.25. The van der Waals surface area contributed by atoms with Gasteiger partial charge in [0.2, 0.25) is 0 Å². The molecule has 0 saturated carbocycles. The number of likely N-dealkylation sites (tertiary alicyclic amines) is 1. The fourth-order valence-corrected chi connectivity index (χ4v) is 2.41. The Morgan fingerprint density at radius 2 is 2.00 bits per heavy atom. The Hall–Kier alpha value is -1.00. The third kappa shape index (κ3) is 3.50. The Morgan fingerprint density at radius 3 is 2.72 bits per heavy atom. The minimum absolute atomic E-state index is 0.349. The predicted octanol–water partition coefficient (Wildman–Crippen LogP) is 2.54. The lowest BCUT2D eigenvalue weighted by molar-refractivity contribution is 0.251. The molecular formula is C14H20F2N2. The van der Waals surface area contributed by atoms with Gasteiger partial charge in [0.15, 0.2) is 0 Å². The van der Waals surface area contributed by atoms with Crippen LogP contribution in [0.2, 0.25) is 0 Å². The average Bonchev–Trinajstić information content (AvgIpc) is 2.87. The van der Waals surface area contributed by atoms with E-state index >= 15 is 0 Å². The molecule has 1 N–H and O–H groups in total. The summed E-state index contributed by atoms with van der Waals surface area (Å²) < 4.78 is 26.4. The van der Waals surface area contributed by atoms with Crippen molar-refractivity contribution in [1.82, 2.24) is 10.2 Å². The molecule has 1 aliphatic rings. The summed E-state index contributed by atoms with van der Waals surface area (Å²) in [7, 11) is 0. The summed E-state index contributed by atoms with van der Waals surface area (Å²) in [4.78, 5) is 2.43. The molecule has 1 aromatic carbocycles. The highest BCUT2D eigenvalue weighted by atomic mass is 19.1. The molecule has 0 amide bonds. The molecule has 100 valence electrons. The van der Waals surface area contributed by atoms with Gasteiger partial charge in [0.25, 0.3) is 0 Å². The molecular weight excluding hydrogens is 234 g/mol. The van der Waals surface area contributed by atoms with Crippen LogP contribution in [0.15, 0.2) is 18.2 Å². The number of nitrogens with one attached hydrogen (secondary N) is 1. The minimum atomic E-state index is -0.388. The van der Waals surface area contributed by atoms with Gasteiger partial charge in [0.1, 0.15) is 11.6 Å². The maximum absolute atomic E-state index is 13.4. The summed E-state index contributed by atoms with van der Waals surface area (Å²) in [5.74, 6) is -0.737. The lowest BCUT2D eigenvalue weighted by Gasteiger charge is -2.24. The van der Waals surface area contributed by atoms with E-state index in [1.165, 1.54) is 25.0 Å². The van der Waals surface area contributed by atoms with Crippen molar-refractivity contribution in [2.24, 2.45) is 0 Å². The summed E-state index contributed by atoms with van der Waals surface area (Å²) in [6.45, 7) is 5.65. The monoisotopic (exact) mass is 254 g/mol. The van der Waals surface area contributed by atoms with E-state index in [1.807, 2.05) is 0 Å². The summed E-state index contributed by atoms with van der Waals surface area (Å²) >= 11 is 0. The molecule has 1 heterocycles. The molecule has 1 aromatic rings. The number of benzene rings is 1. The minimum Gasteiger partial charge on any atom is -0.311 e. The van der Waals surface area contributed by atoms with Crippen LogP contribution in [0.1, 0.15) is 25.3 Å². The van der Waals surface area contributed by atoms with Crippen LogP contribution < -0.4 is 5.32 Å². The molecule has 1 aliphatic heterocycles. The molecule has 1 atom stereocenters. The predicted molar refractivity (Wildman–Crippen MR) is 68.3 cm³/mol. The fraction of sp³-hybridized carbons (Fsp3) is 0.571. The van der Waals surface area contributed by atoms with E-state index < -0.39 is 0 Å². The molecule has 2 rings (SSSR count). The first-order valence-corrected chi connectivity index (χ1v) is 6.55. The van der Waals surface area contributed by atoms with Gasteiger partial charge in [-0.3, -0.25) is 4.90 Å². The second-order valence-corrected chi connectivity index (χ2v) is 4.96. The molecule has 0 radical (unpaired) electrons. The molecule has 0 bridgehead atoms. The van der Waals surface area contributed by atoms with E-state index in [0.717, 1.165) is 25.7 Å². The summed E-state index contributed by atoms with van der Waals surface area (Å²) in [5, 5.41) is 3.20. The SMILES string of the molecule is CC(CNCc1cc(F)ccc1F)N1CCCC1. The van der Waals surface area contributed by atoms with Gasteiger partial charge < -0.3 is 5.32 Å². The highest BCUT2D eigenvalue weighted by Gasteiger charge is 2.17.